The maximum Gasteiger partial charge on any atom is 0.147 e. The van der Waals surface area contributed by atoms with Crippen LogP contribution >= 0.6 is 0 Å². The van der Waals surface area contributed by atoms with Gasteiger partial charge in [-0.25, -0.2) is 0 Å². The zero-order chi connectivity index (χ0) is 11.4. The summed E-state index contributed by atoms with van der Waals surface area (Å²) in [4.78, 5) is 2.88. The molecule has 0 fully saturated rings. The number of nitrogens with zero attached hydrogens (tertiary/aromatic N) is 3. The summed E-state index contributed by atoms with van der Waals surface area (Å²) in [6.07, 6.45) is 2.18. The van der Waals surface area contributed by atoms with Crippen molar-refractivity contribution in [3.05, 3.63) is 47.5 Å². The van der Waals surface area contributed by atoms with E-state index in [1.807, 2.05) is 12.1 Å². The van der Waals surface area contributed by atoms with E-state index >= 15 is 0 Å². The Morgan fingerprint density at radius 3 is 2.69 bits per heavy atom. The van der Waals surface area contributed by atoms with Crippen LogP contribution in [-0.2, 0) is 6.42 Å². The van der Waals surface area contributed by atoms with Gasteiger partial charge in [0.25, 0.3) is 0 Å². The average molecular weight is 213 g/mol. The predicted octanol–water partition coefficient (Wildman–Crippen LogP) is 0.919. The summed E-state index contributed by atoms with van der Waals surface area (Å²) in [5.74, 6) is 0.671. The first-order valence-electron chi connectivity index (χ1n) is 4.90. The minimum absolute atomic E-state index is 0.199. The van der Waals surface area contributed by atoms with Crippen molar-refractivity contribution in [1.29, 1.82) is 5.26 Å². The number of benzene rings is 1. The van der Waals surface area contributed by atoms with Gasteiger partial charge in [-0.05, 0) is 24.1 Å². The molecule has 5 nitrogen and oxygen atoms in total. The molecule has 0 aliphatic carbocycles. The van der Waals surface area contributed by atoms with Crippen molar-refractivity contribution >= 4 is 0 Å². The highest BCUT2D eigenvalue weighted by Crippen LogP contribution is 2.12. The van der Waals surface area contributed by atoms with Gasteiger partial charge in [-0.1, -0.05) is 12.1 Å². The van der Waals surface area contributed by atoms with E-state index in [0.29, 0.717) is 17.8 Å². The summed E-state index contributed by atoms with van der Waals surface area (Å²) in [7, 11) is 0. The molecule has 80 valence electrons. The van der Waals surface area contributed by atoms with Crippen molar-refractivity contribution in [2.75, 3.05) is 0 Å². The van der Waals surface area contributed by atoms with E-state index in [1.165, 1.54) is 6.33 Å². The fraction of sp³-hybridized carbons (Fsp3) is 0.182. The number of nitrogens with two attached hydrogens (primary N) is 1. The van der Waals surface area contributed by atoms with Gasteiger partial charge in [-0.2, -0.15) is 5.26 Å². The molecule has 1 heterocycles. The molecule has 0 bridgehead atoms. The highest BCUT2D eigenvalue weighted by atomic mass is 15.2. The lowest BCUT2D eigenvalue weighted by atomic mass is 10.0. The zero-order valence-corrected chi connectivity index (χ0v) is 8.59. The molecule has 0 saturated carbocycles. The number of nitriles is 1. The predicted molar refractivity (Wildman–Crippen MR) is 58.2 cm³/mol. The summed E-state index contributed by atoms with van der Waals surface area (Å²) < 4.78 is 0. The normalized spacial score (nSPS) is 12.0. The van der Waals surface area contributed by atoms with Crippen molar-refractivity contribution in [2.45, 2.75) is 12.5 Å². The summed E-state index contributed by atoms with van der Waals surface area (Å²) in [5, 5.41) is 16.2. The molecule has 1 atom stereocenters. The number of nitrogens with one attached hydrogen (secondary N) is 1. The van der Waals surface area contributed by atoms with Crippen molar-refractivity contribution in [2.24, 2.45) is 5.73 Å². The van der Waals surface area contributed by atoms with E-state index in [1.54, 1.807) is 12.1 Å². The van der Waals surface area contributed by atoms with Crippen LogP contribution in [0.2, 0.25) is 0 Å². The van der Waals surface area contributed by atoms with E-state index < -0.39 is 0 Å². The van der Waals surface area contributed by atoms with Gasteiger partial charge in [-0.15, -0.1) is 10.2 Å². The minimum atomic E-state index is -0.199. The number of aromatic amines is 1. The Morgan fingerprint density at radius 1 is 1.38 bits per heavy atom. The van der Waals surface area contributed by atoms with E-state index in [4.69, 9.17) is 11.0 Å². The molecular weight excluding hydrogens is 202 g/mol. The molecular formula is C11H11N5. The molecule has 2 rings (SSSR count). The van der Waals surface area contributed by atoms with Crippen LogP contribution in [0.4, 0.5) is 0 Å². The van der Waals surface area contributed by atoms with Crippen LogP contribution < -0.4 is 5.73 Å². The summed E-state index contributed by atoms with van der Waals surface area (Å²) in [5.41, 5.74) is 7.67. The van der Waals surface area contributed by atoms with E-state index in [-0.39, 0.29) is 6.04 Å². The number of hydrogen-bond acceptors (Lipinski definition) is 4. The molecule has 0 saturated heterocycles. The second kappa shape index (κ2) is 4.55. The smallest absolute Gasteiger partial charge is 0.147 e. The molecule has 1 aromatic carbocycles. The molecule has 0 amide bonds. The van der Waals surface area contributed by atoms with Crippen molar-refractivity contribution in [3.63, 3.8) is 0 Å². The molecule has 5 heteroatoms. The number of hydrogen-bond donors (Lipinski definition) is 2. The third-order valence-corrected chi connectivity index (χ3v) is 2.33. The number of rotatable bonds is 3. The molecule has 16 heavy (non-hydrogen) atoms. The highest BCUT2D eigenvalue weighted by Gasteiger charge is 2.09. The van der Waals surface area contributed by atoms with E-state index in [2.05, 4.69) is 21.3 Å². The quantitative estimate of drug-likeness (QED) is 0.793. The van der Waals surface area contributed by atoms with Gasteiger partial charge in [0.15, 0.2) is 0 Å². The first kappa shape index (κ1) is 10.3. The maximum absolute atomic E-state index is 8.66. The molecule has 3 N–H and O–H groups in total. The number of H-pyrrole nitrogens is 1. The van der Waals surface area contributed by atoms with Crippen molar-refractivity contribution < 1.29 is 0 Å². The second-order valence-electron chi connectivity index (χ2n) is 3.49. The summed E-state index contributed by atoms with van der Waals surface area (Å²) >= 11 is 0. The summed E-state index contributed by atoms with van der Waals surface area (Å²) in [6, 6.07) is 9.23. The van der Waals surface area contributed by atoms with Gasteiger partial charge >= 0.3 is 0 Å². The van der Waals surface area contributed by atoms with Crippen molar-refractivity contribution in [1.82, 2.24) is 15.2 Å². The molecule has 0 spiro atoms. The topological polar surface area (TPSA) is 91.4 Å². The Bertz CT molecular complexity index is 480. The molecule has 0 radical (unpaired) electrons. The largest absolute Gasteiger partial charge is 0.330 e. The lowest BCUT2D eigenvalue weighted by molar-refractivity contribution is 0.671. The Balaban J connectivity index is 2.07. The van der Waals surface area contributed by atoms with Crippen LogP contribution in [0.5, 0.6) is 0 Å². The zero-order valence-electron chi connectivity index (χ0n) is 8.59. The standard InChI is InChI=1S/C11H11N5/c12-6-9-3-1-8(2-4-9)5-10(13)11-14-7-15-16-11/h1-4,7,10H,5,13H2,(H,14,15,16)/t10-/m1/s1. The van der Waals surface area contributed by atoms with Gasteiger partial charge in [0.05, 0.1) is 17.7 Å². The van der Waals surface area contributed by atoms with Gasteiger partial charge in [0.1, 0.15) is 12.2 Å². The van der Waals surface area contributed by atoms with Crippen molar-refractivity contribution in [3.8, 4) is 6.07 Å². The van der Waals surface area contributed by atoms with Gasteiger partial charge in [-0.3, -0.25) is 0 Å². The van der Waals surface area contributed by atoms with Crippen LogP contribution in [0.1, 0.15) is 23.0 Å². The van der Waals surface area contributed by atoms with Crippen LogP contribution in [0, 0.1) is 11.3 Å². The lowest BCUT2D eigenvalue weighted by Crippen LogP contribution is -2.15. The fourth-order valence-corrected chi connectivity index (χ4v) is 1.46. The number of aromatic nitrogens is 3. The summed E-state index contributed by atoms with van der Waals surface area (Å²) in [6.45, 7) is 0. The van der Waals surface area contributed by atoms with E-state index in [9.17, 15) is 0 Å². The minimum Gasteiger partial charge on any atom is -0.330 e. The second-order valence-corrected chi connectivity index (χ2v) is 3.49. The Kier molecular flexibility index (Phi) is 2.94. The first-order valence-corrected chi connectivity index (χ1v) is 4.90. The lowest BCUT2D eigenvalue weighted by Gasteiger charge is -2.07. The SMILES string of the molecule is N#Cc1ccc(C[C@@H](N)c2nnc[nH]2)cc1. The molecule has 0 aliphatic heterocycles. The van der Waals surface area contributed by atoms with E-state index in [0.717, 1.165) is 5.56 Å². The molecule has 1 aromatic heterocycles. The third-order valence-electron chi connectivity index (χ3n) is 2.33. The molecule has 2 aromatic rings. The maximum atomic E-state index is 8.66. The monoisotopic (exact) mass is 213 g/mol. The molecule has 0 unspecified atom stereocenters. The van der Waals surface area contributed by atoms with Gasteiger partial charge < -0.3 is 10.7 Å². The average Bonchev–Trinajstić information content (AvgIpc) is 2.83. The van der Waals surface area contributed by atoms with Gasteiger partial charge in [0, 0.05) is 0 Å². The van der Waals surface area contributed by atoms with Crippen LogP contribution in [0.3, 0.4) is 0 Å². The molecule has 0 aliphatic rings. The highest BCUT2D eigenvalue weighted by molar-refractivity contribution is 5.32. The fourth-order valence-electron chi connectivity index (χ4n) is 1.46. The Hall–Kier alpha value is -2.19. The Morgan fingerprint density at radius 2 is 2.12 bits per heavy atom. The van der Waals surface area contributed by atoms with Crippen LogP contribution in [0.15, 0.2) is 30.6 Å². The van der Waals surface area contributed by atoms with Crippen LogP contribution in [-0.4, -0.2) is 15.2 Å². The first-order chi connectivity index (χ1) is 7.79. The van der Waals surface area contributed by atoms with Crippen LogP contribution in [0.25, 0.3) is 0 Å². The third kappa shape index (κ3) is 2.24. The van der Waals surface area contributed by atoms with Gasteiger partial charge in [0.2, 0.25) is 0 Å². The Labute approximate surface area is 92.9 Å².